The average molecular weight is 290 g/mol. The molecule has 0 aliphatic heterocycles. The number of nitrogens with one attached hydrogen (secondary N) is 1. The molecule has 1 amide bonds. The van der Waals surface area contributed by atoms with Gasteiger partial charge in [0.2, 0.25) is 0 Å². The van der Waals surface area contributed by atoms with Crippen LogP contribution in [0.1, 0.15) is 42.1 Å². The first kappa shape index (κ1) is 15.8. The summed E-state index contributed by atoms with van der Waals surface area (Å²) in [5, 5.41) is 3.36. The first-order valence-corrected chi connectivity index (χ1v) is 7.81. The van der Waals surface area contributed by atoms with Gasteiger partial charge in [-0.1, -0.05) is 18.6 Å². The molecular weight excluding hydrogens is 264 g/mol. The fourth-order valence-electron chi connectivity index (χ4n) is 2.43. The van der Waals surface area contributed by atoms with Crippen LogP contribution in [0.3, 0.4) is 0 Å². The van der Waals surface area contributed by atoms with Gasteiger partial charge < -0.3 is 15.0 Å². The van der Waals surface area contributed by atoms with E-state index < -0.39 is 0 Å². The number of carbonyl (C=O) groups excluding carboxylic acids is 1. The van der Waals surface area contributed by atoms with Crippen molar-refractivity contribution in [3.8, 4) is 0 Å². The molecule has 0 radical (unpaired) electrons. The molecule has 0 atom stereocenters. The monoisotopic (exact) mass is 290 g/mol. The second kappa shape index (κ2) is 7.46. The molecule has 0 heterocycles. The van der Waals surface area contributed by atoms with Gasteiger partial charge in [-0.3, -0.25) is 4.79 Å². The van der Waals surface area contributed by atoms with Gasteiger partial charge in [-0.15, -0.1) is 0 Å². The Balaban J connectivity index is 2.20. The van der Waals surface area contributed by atoms with E-state index in [1.165, 1.54) is 0 Å². The summed E-state index contributed by atoms with van der Waals surface area (Å²) >= 11 is 0. The molecule has 0 spiro atoms. The summed E-state index contributed by atoms with van der Waals surface area (Å²) in [5.74, 6) is 0.122. The Bertz CT molecular complexity index is 484. The fraction of sp³-hybridized carbons (Fsp3) is 0.588. The molecule has 1 aromatic carbocycles. The molecule has 0 aromatic heterocycles. The zero-order valence-electron chi connectivity index (χ0n) is 13.3. The number of ether oxygens (including phenoxy) is 1. The van der Waals surface area contributed by atoms with E-state index in [1.807, 2.05) is 30.0 Å². The highest BCUT2D eigenvalue weighted by Gasteiger charge is 2.33. The Morgan fingerprint density at radius 2 is 2.19 bits per heavy atom. The number of anilines is 1. The Morgan fingerprint density at radius 3 is 2.81 bits per heavy atom. The van der Waals surface area contributed by atoms with Crippen molar-refractivity contribution in [2.75, 3.05) is 32.1 Å². The van der Waals surface area contributed by atoms with Crippen LogP contribution in [0.4, 0.5) is 5.69 Å². The molecule has 4 nitrogen and oxygen atoms in total. The van der Waals surface area contributed by atoms with Crippen molar-refractivity contribution >= 4 is 11.6 Å². The van der Waals surface area contributed by atoms with Crippen LogP contribution in [0.5, 0.6) is 0 Å². The highest BCUT2D eigenvalue weighted by molar-refractivity contribution is 6.00. The van der Waals surface area contributed by atoms with Crippen molar-refractivity contribution in [1.29, 1.82) is 0 Å². The minimum absolute atomic E-state index is 0.122. The van der Waals surface area contributed by atoms with Gasteiger partial charge in [0, 0.05) is 31.9 Å². The third kappa shape index (κ3) is 4.21. The van der Waals surface area contributed by atoms with Crippen molar-refractivity contribution in [1.82, 2.24) is 4.90 Å². The smallest absolute Gasteiger partial charge is 0.256 e. The Hall–Kier alpha value is -1.55. The Labute approximate surface area is 127 Å². The molecule has 1 fully saturated rings. The number of amides is 1. The summed E-state index contributed by atoms with van der Waals surface area (Å²) in [4.78, 5) is 14.9. The first-order chi connectivity index (χ1) is 10.2. The highest BCUT2D eigenvalue weighted by Crippen LogP contribution is 2.30. The van der Waals surface area contributed by atoms with Crippen LogP contribution >= 0.6 is 0 Å². The number of hydrogen-bond acceptors (Lipinski definition) is 3. The van der Waals surface area contributed by atoms with Gasteiger partial charge in [0.05, 0.1) is 12.2 Å². The zero-order chi connectivity index (χ0) is 15.2. The first-order valence-electron chi connectivity index (χ1n) is 7.81. The second-order valence-electron chi connectivity index (χ2n) is 5.70. The van der Waals surface area contributed by atoms with Gasteiger partial charge in [-0.05, 0) is 38.3 Å². The van der Waals surface area contributed by atoms with E-state index in [0.29, 0.717) is 19.2 Å². The summed E-state index contributed by atoms with van der Waals surface area (Å²) in [5.41, 5.74) is 2.84. The quantitative estimate of drug-likeness (QED) is 0.800. The zero-order valence-corrected chi connectivity index (χ0v) is 13.3. The SMILES string of the molecule is CCCNc1ccc(C)cc1C(=O)N(CCOC)C1CC1. The number of methoxy groups -OCH3 is 1. The molecule has 1 aromatic rings. The number of rotatable bonds is 8. The molecule has 1 N–H and O–H groups in total. The topological polar surface area (TPSA) is 41.6 Å². The van der Waals surface area contributed by atoms with Crippen molar-refractivity contribution in [3.05, 3.63) is 29.3 Å². The molecule has 2 rings (SSSR count). The molecule has 0 unspecified atom stereocenters. The van der Waals surface area contributed by atoms with E-state index in [2.05, 4.69) is 12.2 Å². The number of carbonyl (C=O) groups is 1. The van der Waals surface area contributed by atoms with Gasteiger partial charge in [-0.2, -0.15) is 0 Å². The van der Waals surface area contributed by atoms with E-state index >= 15 is 0 Å². The van der Waals surface area contributed by atoms with Crippen molar-refractivity contribution in [3.63, 3.8) is 0 Å². The largest absolute Gasteiger partial charge is 0.384 e. The average Bonchev–Trinajstić information content (AvgIpc) is 3.31. The fourth-order valence-corrected chi connectivity index (χ4v) is 2.43. The second-order valence-corrected chi connectivity index (χ2v) is 5.70. The van der Waals surface area contributed by atoms with E-state index in [9.17, 15) is 4.79 Å². The summed E-state index contributed by atoms with van der Waals surface area (Å²) < 4.78 is 5.15. The van der Waals surface area contributed by atoms with Crippen LogP contribution in [-0.4, -0.2) is 43.7 Å². The lowest BCUT2D eigenvalue weighted by atomic mass is 10.1. The molecule has 1 aliphatic rings. The van der Waals surface area contributed by atoms with Gasteiger partial charge in [0.15, 0.2) is 0 Å². The van der Waals surface area contributed by atoms with Crippen LogP contribution in [0.15, 0.2) is 18.2 Å². The van der Waals surface area contributed by atoms with Crippen LogP contribution in [0.2, 0.25) is 0 Å². The van der Waals surface area contributed by atoms with Crippen LogP contribution in [0.25, 0.3) is 0 Å². The molecule has 0 bridgehead atoms. The molecule has 4 heteroatoms. The van der Waals surface area contributed by atoms with Crippen LogP contribution < -0.4 is 5.32 Å². The van der Waals surface area contributed by atoms with Crippen molar-refractivity contribution < 1.29 is 9.53 Å². The van der Waals surface area contributed by atoms with Gasteiger partial charge in [0.25, 0.3) is 5.91 Å². The van der Waals surface area contributed by atoms with Crippen LogP contribution in [0, 0.1) is 6.92 Å². The predicted molar refractivity (Wildman–Crippen MR) is 85.9 cm³/mol. The standard InChI is InChI=1S/C17H26N2O2/c1-4-9-18-16-8-5-13(2)12-15(16)17(20)19(10-11-21-3)14-6-7-14/h5,8,12,14,18H,4,6-7,9-11H2,1-3H3. The molecular formula is C17H26N2O2. The van der Waals surface area contributed by atoms with Crippen LogP contribution in [-0.2, 0) is 4.74 Å². The molecule has 1 saturated carbocycles. The third-order valence-electron chi connectivity index (χ3n) is 3.76. The molecule has 21 heavy (non-hydrogen) atoms. The molecule has 0 saturated heterocycles. The summed E-state index contributed by atoms with van der Waals surface area (Å²) in [6, 6.07) is 6.44. The molecule has 1 aliphatic carbocycles. The summed E-state index contributed by atoms with van der Waals surface area (Å²) in [7, 11) is 1.68. The van der Waals surface area contributed by atoms with E-state index in [4.69, 9.17) is 4.74 Å². The van der Waals surface area contributed by atoms with Gasteiger partial charge in [0.1, 0.15) is 0 Å². The lowest BCUT2D eigenvalue weighted by Gasteiger charge is -2.24. The maximum absolute atomic E-state index is 12.9. The minimum Gasteiger partial charge on any atom is -0.384 e. The Kier molecular flexibility index (Phi) is 5.62. The van der Waals surface area contributed by atoms with Gasteiger partial charge in [-0.25, -0.2) is 0 Å². The highest BCUT2D eigenvalue weighted by atomic mass is 16.5. The van der Waals surface area contributed by atoms with Crippen molar-refractivity contribution in [2.24, 2.45) is 0 Å². The third-order valence-corrected chi connectivity index (χ3v) is 3.76. The molecule has 116 valence electrons. The predicted octanol–water partition coefficient (Wildman–Crippen LogP) is 3.07. The normalized spacial score (nSPS) is 14.0. The van der Waals surface area contributed by atoms with Gasteiger partial charge >= 0.3 is 0 Å². The maximum Gasteiger partial charge on any atom is 0.256 e. The summed E-state index contributed by atoms with van der Waals surface area (Å²) in [6.45, 7) is 6.28. The number of nitrogens with zero attached hydrogens (tertiary/aromatic N) is 1. The van der Waals surface area contributed by atoms with E-state index in [1.54, 1.807) is 7.11 Å². The number of hydrogen-bond donors (Lipinski definition) is 1. The number of benzene rings is 1. The minimum atomic E-state index is 0.122. The lowest BCUT2D eigenvalue weighted by molar-refractivity contribution is 0.0681. The Morgan fingerprint density at radius 1 is 1.43 bits per heavy atom. The summed E-state index contributed by atoms with van der Waals surface area (Å²) in [6.07, 6.45) is 3.26. The van der Waals surface area contributed by atoms with E-state index in [0.717, 1.165) is 42.6 Å². The lowest BCUT2D eigenvalue weighted by Crippen LogP contribution is -2.36. The number of aryl methyl sites for hydroxylation is 1. The van der Waals surface area contributed by atoms with Crippen molar-refractivity contribution in [2.45, 2.75) is 39.2 Å². The maximum atomic E-state index is 12.9. The van der Waals surface area contributed by atoms with E-state index in [-0.39, 0.29) is 5.91 Å².